The number of anilines is 1. The average Bonchev–Trinajstić information content (AvgIpc) is 2.87. The van der Waals surface area contributed by atoms with Gasteiger partial charge in [0.1, 0.15) is 17.7 Å². The van der Waals surface area contributed by atoms with Gasteiger partial charge < -0.3 is 25.4 Å². The Morgan fingerprint density at radius 3 is 2.15 bits per heavy atom. The van der Waals surface area contributed by atoms with Gasteiger partial charge in [-0.15, -0.1) is 0 Å². The fraction of sp³-hybridized carbons (Fsp3) is 0.531. The zero-order chi connectivity index (χ0) is 31.1. The Kier molecular flexibility index (Phi) is 12.2. The van der Waals surface area contributed by atoms with E-state index in [0.29, 0.717) is 28.6 Å². The number of benzene rings is 2. The van der Waals surface area contributed by atoms with E-state index in [9.17, 15) is 19.5 Å². The van der Waals surface area contributed by atoms with Crippen molar-refractivity contribution in [1.82, 2.24) is 10.2 Å². The van der Waals surface area contributed by atoms with Gasteiger partial charge in [-0.05, 0) is 95.5 Å². The number of aryl methyl sites for hydroxylation is 2. The molecule has 0 aliphatic heterocycles. The quantitative estimate of drug-likeness (QED) is 0.279. The maximum Gasteiger partial charge on any atom is 0.408 e. The van der Waals surface area contributed by atoms with Gasteiger partial charge in [0.2, 0.25) is 5.91 Å². The molecule has 41 heavy (non-hydrogen) atoms. The van der Waals surface area contributed by atoms with Crippen LogP contribution in [0.25, 0.3) is 0 Å². The largest absolute Gasteiger partial charge is 0.444 e. The highest BCUT2D eigenvalue weighted by atomic mass is 35.5. The monoisotopic (exact) mass is 587 g/mol. The highest BCUT2D eigenvalue weighted by Crippen LogP contribution is 2.33. The molecule has 0 heterocycles. The minimum atomic E-state index is -1.33. The summed E-state index contributed by atoms with van der Waals surface area (Å²) in [5.41, 5.74) is 2.90. The smallest absolute Gasteiger partial charge is 0.408 e. The number of aliphatic hydroxyl groups excluding tert-OH is 1. The third-order valence-electron chi connectivity index (χ3n) is 7.00. The second kappa shape index (κ2) is 14.7. The van der Waals surface area contributed by atoms with E-state index in [4.69, 9.17) is 16.3 Å². The summed E-state index contributed by atoms with van der Waals surface area (Å²) in [6.07, 6.45) is 0.575. The Hall–Kier alpha value is -3.10. The maximum absolute atomic E-state index is 14.3. The summed E-state index contributed by atoms with van der Waals surface area (Å²) in [5, 5.41) is 16.1. The van der Waals surface area contributed by atoms with E-state index < -0.39 is 48.2 Å². The first-order chi connectivity index (χ1) is 19.1. The van der Waals surface area contributed by atoms with E-state index in [2.05, 4.69) is 24.5 Å². The van der Waals surface area contributed by atoms with Crippen LogP contribution < -0.4 is 10.6 Å². The average molecular weight is 588 g/mol. The van der Waals surface area contributed by atoms with Crippen molar-refractivity contribution in [2.75, 3.05) is 11.9 Å². The molecular weight excluding hydrogens is 542 g/mol. The van der Waals surface area contributed by atoms with Crippen LogP contribution in [0, 0.1) is 26.7 Å². The molecule has 0 bridgehead atoms. The van der Waals surface area contributed by atoms with Crippen molar-refractivity contribution >= 4 is 35.2 Å². The van der Waals surface area contributed by atoms with Gasteiger partial charge in [-0.3, -0.25) is 9.59 Å². The molecule has 0 radical (unpaired) electrons. The molecule has 2 rings (SSSR count). The minimum absolute atomic E-state index is 0.363. The molecule has 3 amide bonds. The van der Waals surface area contributed by atoms with E-state index in [-0.39, 0.29) is 0 Å². The van der Waals surface area contributed by atoms with Crippen LogP contribution in [0.3, 0.4) is 0 Å². The molecule has 0 aromatic heterocycles. The molecule has 0 aliphatic rings. The number of amides is 3. The van der Waals surface area contributed by atoms with Crippen LogP contribution in [-0.2, 0) is 14.3 Å². The van der Waals surface area contributed by atoms with Crippen molar-refractivity contribution in [2.24, 2.45) is 5.92 Å². The number of hydrogen-bond donors (Lipinski definition) is 3. The molecule has 3 atom stereocenters. The van der Waals surface area contributed by atoms with Crippen molar-refractivity contribution in [1.29, 1.82) is 0 Å². The van der Waals surface area contributed by atoms with Crippen LogP contribution in [0.4, 0.5) is 10.5 Å². The lowest BCUT2D eigenvalue weighted by atomic mass is 9.92. The first kappa shape index (κ1) is 34.1. The van der Waals surface area contributed by atoms with Crippen molar-refractivity contribution in [3.63, 3.8) is 0 Å². The molecule has 2 aromatic carbocycles. The lowest BCUT2D eigenvalue weighted by Gasteiger charge is -2.39. The second-order valence-electron chi connectivity index (χ2n) is 12.1. The van der Waals surface area contributed by atoms with Gasteiger partial charge in [-0.2, -0.15) is 0 Å². The van der Waals surface area contributed by atoms with Crippen LogP contribution in [0.5, 0.6) is 0 Å². The second-order valence-corrected chi connectivity index (χ2v) is 12.5. The Bertz CT molecular complexity index is 1200. The van der Waals surface area contributed by atoms with E-state index in [1.807, 2.05) is 52.0 Å². The van der Waals surface area contributed by atoms with Crippen LogP contribution in [0.15, 0.2) is 36.4 Å². The molecule has 3 N–H and O–H groups in total. The van der Waals surface area contributed by atoms with E-state index in [1.54, 1.807) is 32.9 Å². The van der Waals surface area contributed by atoms with Gasteiger partial charge in [0.15, 0.2) is 0 Å². The van der Waals surface area contributed by atoms with Crippen molar-refractivity contribution < 1.29 is 24.2 Å². The molecule has 0 spiro atoms. The Balaban J connectivity index is 2.68. The number of aliphatic hydroxyl groups is 1. The number of para-hydroxylation sites is 1. The van der Waals surface area contributed by atoms with Gasteiger partial charge >= 0.3 is 6.09 Å². The van der Waals surface area contributed by atoms with Gasteiger partial charge in [-0.1, -0.05) is 55.8 Å². The Morgan fingerprint density at radius 2 is 1.59 bits per heavy atom. The third-order valence-corrected chi connectivity index (χ3v) is 7.32. The number of nitrogens with one attached hydrogen (secondary N) is 2. The van der Waals surface area contributed by atoms with Crippen LogP contribution in [0.2, 0.25) is 5.02 Å². The first-order valence-electron chi connectivity index (χ1n) is 14.1. The number of alkyl carbamates (subject to hydrolysis) is 1. The minimum Gasteiger partial charge on any atom is -0.444 e. The molecule has 0 saturated heterocycles. The number of rotatable bonds is 11. The molecule has 3 unspecified atom stereocenters. The number of hydrogen-bond acceptors (Lipinski definition) is 5. The zero-order valence-corrected chi connectivity index (χ0v) is 26.6. The summed E-state index contributed by atoms with van der Waals surface area (Å²) in [7, 11) is 0. The lowest BCUT2D eigenvalue weighted by Crippen LogP contribution is -2.56. The number of ether oxygens (including phenoxy) is 1. The summed E-state index contributed by atoms with van der Waals surface area (Å²) >= 11 is 6.46. The molecule has 0 aliphatic carbocycles. The molecule has 9 heteroatoms. The van der Waals surface area contributed by atoms with Crippen molar-refractivity contribution in [3.05, 3.63) is 63.7 Å². The molecule has 2 aromatic rings. The predicted molar refractivity (Wildman–Crippen MR) is 164 cm³/mol. The Labute approximate surface area is 249 Å². The van der Waals surface area contributed by atoms with Gasteiger partial charge in [0.05, 0.1) is 17.3 Å². The molecule has 226 valence electrons. The van der Waals surface area contributed by atoms with Crippen LogP contribution >= 0.6 is 11.6 Å². The summed E-state index contributed by atoms with van der Waals surface area (Å²) in [6.45, 7) is 16.2. The fourth-order valence-corrected chi connectivity index (χ4v) is 4.87. The van der Waals surface area contributed by atoms with Crippen LogP contribution in [0.1, 0.15) is 82.7 Å². The standard InChI is InChI=1S/C32H46ClN3O5/c1-19(2)16-17-22(5)36(30(39)26(18-37)34-31(40)41-32(7,8)9)28(24-14-10-12-20(3)23(24)6)29(38)35-27-21(4)13-11-15-25(27)33/h10-15,19,22,26,28,37H,16-18H2,1-9H3,(H,34,40)(H,35,38). The highest BCUT2D eigenvalue weighted by Gasteiger charge is 2.39. The summed E-state index contributed by atoms with van der Waals surface area (Å²) in [5.74, 6) is -0.679. The number of nitrogens with zero attached hydrogens (tertiary/aromatic N) is 1. The topological polar surface area (TPSA) is 108 Å². The van der Waals surface area contributed by atoms with Gasteiger partial charge in [-0.25, -0.2) is 4.79 Å². The number of carbonyl (C=O) groups excluding carboxylic acids is 3. The Morgan fingerprint density at radius 1 is 0.976 bits per heavy atom. The number of halogens is 1. The van der Waals surface area contributed by atoms with E-state index in [0.717, 1.165) is 23.1 Å². The summed E-state index contributed by atoms with van der Waals surface area (Å²) < 4.78 is 5.35. The summed E-state index contributed by atoms with van der Waals surface area (Å²) in [4.78, 5) is 42.6. The maximum atomic E-state index is 14.3. The van der Waals surface area contributed by atoms with Crippen LogP contribution in [-0.4, -0.2) is 52.2 Å². The van der Waals surface area contributed by atoms with Gasteiger partial charge in [0.25, 0.3) is 5.91 Å². The summed E-state index contributed by atoms with van der Waals surface area (Å²) in [6, 6.07) is 8.15. The zero-order valence-electron chi connectivity index (χ0n) is 25.8. The van der Waals surface area contributed by atoms with Crippen molar-refractivity contribution in [2.45, 2.75) is 98.9 Å². The lowest BCUT2D eigenvalue weighted by molar-refractivity contribution is -0.144. The highest BCUT2D eigenvalue weighted by molar-refractivity contribution is 6.34. The van der Waals surface area contributed by atoms with Crippen molar-refractivity contribution in [3.8, 4) is 0 Å². The normalized spacial score (nSPS) is 13.8. The third kappa shape index (κ3) is 9.47. The molecule has 0 saturated carbocycles. The first-order valence-corrected chi connectivity index (χ1v) is 14.5. The fourth-order valence-electron chi connectivity index (χ4n) is 4.60. The van der Waals surface area contributed by atoms with Gasteiger partial charge in [0, 0.05) is 6.04 Å². The van der Waals surface area contributed by atoms with E-state index >= 15 is 0 Å². The molecule has 8 nitrogen and oxygen atoms in total. The predicted octanol–water partition coefficient (Wildman–Crippen LogP) is 6.48. The molecule has 0 fully saturated rings. The van der Waals surface area contributed by atoms with E-state index in [1.165, 1.54) is 4.90 Å². The number of carbonyl (C=O) groups is 3. The molecular formula is C32H46ClN3O5. The SMILES string of the molecule is Cc1cccc(C(C(=O)Nc2c(C)cccc2Cl)N(C(=O)C(CO)NC(=O)OC(C)(C)C)C(C)CCC(C)C)c1C.